The van der Waals surface area contributed by atoms with E-state index in [2.05, 4.69) is 104 Å². The lowest BCUT2D eigenvalue weighted by Gasteiger charge is -2.29. The van der Waals surface area contributed by atoms with Crippen LogP contribution in [0.2, 0.25) is 0 Å². The van der Waals surface area contributed by atoms with Crippen molar-refractivity contribution >= 4 is 0 Å². The van der Waals surface area contributed by atoms with Gasteiger partial charge in [0.05, 0.1) is 5.69 Å². The Bertz CT molecular complexity index is 1030. The van der Waals surface area contributed by atoms with Crippen molar-refractivity contribution < 1.29 is 0 Å². The molecule has 0 unspecified atom stereocenters. The van der Waals surface area contributed by atoms with Gasteiger partial charge in [-0.1, -0.05) is 98.8 Å². The van der Waals surface area contributed by atoms with Crippen molar-refractivity contribution in [1.29, 1.82) is 0 Å². The molecule has 1 nitrogen and oxygen atoms in total. The van der Waals surface area contributed by atoms with Gasteiger partial charge in [0.1, 0.15) is 0 Å². The predicted octanol–water partition coefficient (Wildman–Crippen LogP) is 6.74. The largest absolute Gasteiger partial charge is 0.256 e. The first-order chi connectivity index (χ1) is 13.2. The van der Waals surface area contributed by atoms with Crippen LogP contribution in [-0.4, -0.2) is 4.98 Å². The molecule has 0 aliphatic heterocycles. The molecule has 0 fully saturated rings. The van der Waals surface area contributed by atoms with Crippen molar-refractivity contribution in [3.63, 3.8) is 0 Å². The summed E-state index contributed by atoms with van der Waals surface area (Å²) in [7, 11) is 0. The zero-order chi connectivity index (χ0) is 18.7. The molecule has 0 spiro atoms. The van der Waals surface area contributed by atoms with E-state index < -0.39 is 0 Å². The second-order valence-electron chi connectivity index (χ2n) is 7.33. The van der Waals surface area contributed by atoms with E-state index in [1.165, 1.54) is 27.8 Å². The van der Waals surface area contributed by atoms with E-state index in [1.54, 1.807) is 0 Å². The Morgan fingerprint density at radius 3 is 2.11 bits per heavy atom. The molecule has 0 aliphatic rings. The van der Waals surface area contributed by atoms with Crippen LogP contribution in [0, 0.1) is 0 Å². The molecular formula is C26H23N. The molecule has 4 aromatic rings. The number of hydrogen-bond donors (Lipinski definition) is 0. The first-order valence-corrected chi connectivity index (χ1v) is 9.33. The van der Waals surface area contributed by atoms with E-state index in [-0.39, 0.29) is 5.41 Å². The van der Waals surface area contributed by atoms with Gasteiger partial charge in [0.25, 0.3) is 0 Å². The topological polar surface area (TPSA) is 12.9 Å². The lowest BCUT2D eigenvalue weighted by Crippen LogP contribution is -2.20. The van der Waals surface area contributed by atoms with Gasteiger partial charge in [-0.15, -0.1) is 0 Å². The molecule has 27 heavy (non-hydrogen) atoms. The van der Waals surface area contributed by atoms with Gasteiger partial charge in [0, 0.05) is 17.2 Å². The number of aromatic nitrogens is 1. The van der Waals surface area contributed by atoms with Gasteiger partial charge in [-0.25, -0.2) is 0 Å². The summed E-state index contributed by atoms with van der Waals surface area (Å²) >= 11 is 0. The third-order valence-electron chi connectivity index (χ3n) is 5.23. The van der Waals surface area contributed by atoms with E-state index in [0.717, 1.165) is 5.69 Å². The van der Waals surface area contributed by atoms with Gasteiger partial charge >= 0.3 is 0 Å². The summed E-state index contributed by atoms with van der Waals surface area (Å²) in [5.74, 6) is 0. The van der Waals surface area contributed by atoms with Gasteiger partial charge in [0.2, 0.25) is 0 Å². The zero-order valence-electron chi connectivity index (χ0n) is 15.8. The highest BCUT2D eigenvalue weighted by molar-refractivity contribution is 5.69. The van der Waals surface area contributed by atoms with Crippen LogP contribution in [0.15, 0.2) is 103 Å². The van der Waals surface area contributed by atoms with Crippen molar-refractivity contribution in [2.75, 3.05) is 0 Å². The van der Waals surface area contributed by atoms with E-state index in [1.807, 2.05) is 18.3 Å². The van der Waals surface area contributed by atoms with Crippen molar-refractivity contribution in [3.05, 3.63) is 114 Å². The zero-order valence-corrected chi connectivity index (χ0v) is 15.8. The molecule has 4 rings (SSSR count). The van der Waals surface area contributed by atoms with Crippen LogP contribution >= 0.6 is 0 Å². The Labute approximate surface area is 161 Å². The number of benzene rings is 3. The number of nitrogens with zero attached hydrogens (tertiary/aromatic N) is 1. The molecule has 3 aromatic carbocycles. The maximum atomic E-state index is 4.58. The molecule has 132 valence electrons. The fraction of sp³-hybridized carbons (Fsp3) is 0.115. The van der Waals surface area contributed by atoms with Crippen molar-refractivity contribution in [1.82, 2.24) is 4.98 Å². The van der Waals surface area contributed by atoms with E-state index in [4.69, 9.17) is 0 Å². The van der Waals surface area contributed by atoms with Crippen LogP contribution < -0.4 is 0 Å². The number of pyridine rings is 1. The Morgan fingerprint density at radius 1 is 0.630 bits per heavy atom. The van der Waals surface area contributed by atoms with Crippen LogP contribution in [0.4, 0.5) is 0 Å². The monoisotopic (exact) mass is 349 g/mol. The van der Waals surface area contributed by atoms with Crippen LogP contribution in [0.25, 0.3) is 22.4 Å². The van der Waals surface area contributed by atoms with Crippen molar-refractivity contribution in [2.24, 2.45) is 0 Å². The molecule has 1 heterocycles. The normalized spacial score (nSPS) is 11.3. The maximum absolute atomic E-state index is 4.58. The second-order valence-corrected chi connectivity index (χ2v) is 7.33. The highest BCUT2D eigenvalue weighted by atomic mass is 14.7. The molecule has 0 aliphatic carbocycles. The lowest BCUT2D eigenvalue weighted by molar-refractivity contribution is 0.642. The highest BCUT2D eigenvalue weighted by Gasteiger charge is 2.26. The minimum absolute atomic E-state index is 0.140. The molecule has 0 saturated carbocycles. The highest BCUT2D eigenvalue weighted by Crippen LogP contribution is 2.38. The summed E-state index contributed by atoms with van der Waals surface area (Å²) in [4.78, 5) is 4.58. The molecule has 0 saturated heterocycles. The average Bonchev–Trinajstić information content (AvgIpc) is 2.75. The van der Waals surface area contributed by atoms with E-state index in [0.29, 0.717) is 0 Å². The van der Waals surface area contributed by atoms with E-state index in [9.17, 15) is 0 Å². The smallest absolute Gasteiger partial charge is 0.0705 e. The van der Waals surface area contributed by atoms with Crippen molar-refractivity contribution in [3.8, 4) is 22.4 Å². The molecular weight excluding hydrogens is 326 g/mol. The summed E-state index contributed by atoms with van der Waals surface area (Å²) in [6.07, 6.45) is 1.86. The van der Waals surface area contributed by atoms with Gasteiger partial charge < -0.3 is 0 Å². The summed E-state index contributed by atoms with van der Waals surface area (Å²) in [5, 5.41) is 0. The van der Waals surface area contributed by atoms with Crippen LogP contribution in [0.3, 0.4) is 0 Å². The van der Waals surface area contributed by atoms with Gasteiger partial charge in [-0.3, -0.25) is 4.98 Å². The first-order valence-electron chi connectivity index (χ1n) is 9.33. The molecule has 0 N–H and O–H groups in total. The lowest BCUT2D eigenvalue weighted by atomic mass is 9.75. The van der Waals surface area contributed by atoms with Gasteiger partial charge in [-0.05, 0) is 34.4 Å². The third-order valence-corrected chi connectivity index (χ3v) is 5.23. The number of rotatable bonds is 4. The Balaban J connectivity index is 1.82. The second kappa shape index (κ2) is 7.20. The Hall–Kier alpha value is -3.19. The van der Waals surface area contributed by atoms with E-state index >= 15 is 0 Å². The summed E-state index contributed by atoms with van der Waals surface area (Å²) in [6, 6.07) is 34.1. The van der Waals surface area contributed by atoms with Crippen LogP contribution in [-0.2, 0) is 5.41 Å². The SMILES string of the molecule is CC(C)(c1cccc(-c2ccccc2)c1)c1ccccc1-c1ccccn1. The van der Waals surface area contributed by atoms with Gasteiger partial charge in [0.15, 0.2) is 0 Å². The Morgan fingerprint density at radius 2 is 1.33 bits per heavy atom. The molecule has 0 radical (unpaired) electrons. The maximum Gasteiger partial charge on any atom is 0.0705 e. The molecule has 0 bridgehead atoms. The number of hydrogen-bond acceptors (Lipinski definition) is 1. The molecule has 0 atom stereocenters. The predicted molar refractivity (Wildman–Crippen MR) is 114 cm³/mol. The summed E-state index contributed by atoms with van der Waals surface area (Å²) in [6.45, 7) is 4.58. The molecule has 1 heteroatoms. The summed E-state index contributed by atoms with van der Waals surface area (Å²) < 4.78 is 0. The molecule has 0 amide bonds. The minimum Gasteiger partial charge on any atom is -0.256 e. The van der Waals surface area contributed by atoms with Crippen LogP contribution in [0.1, 0.15) is 25.0 Å². The fourth-order valence-corrected chi connectivity index (χ4v) is 3.65. The quantitative estimate of drug-likeness (QED) is 0.397. The standard InChI is InChI=1S/C26H23N/c1-26(2,22-14-10-13-21(19-22)20-11-4-3-5-12-20)24-16-7-6-15-23(24)25-17-8-9-18-27-25/h3-19H,1-2H3. The van der Waals surface area contributed by atoms with Crippen LogP contribution in [0.5, 0.6) is 0 Å². The Kier molecular flexibility index (Phi) is 4.60. The minimum atomic E-state index is -0.140. The van der Waals surface area contributed by atoms with Crippen molar-refractivity contribution in [2.45, 2.75) is 19.3 Å². The summed E-state index contributed by atoms with van der Waals surface area (Å²) in [5.41, 5.74) is 7.14. The third kappa shape index (κ3) is 3.41. The fourth-order valence-electron chi connectivity index (χ4n) is 3.65. The first kappa shape index (κ1) is 17.2. The van der Waals surface area contributed by atoms with Gasteiger partial charge in [-0.2, -0.15) is 0 Å². The average molecular weight is 349 g/mol. The molecule has 1 aromatic heterocycles.